The number of oxazole rings is 1. The number of rotatable bonds is 2. The van der Waals surface area contributed by atoms with Crippen LogP contribution in [0.15, 0.2) is 52.9 Å². The molecule has 1 aliphatic heterocycles. The fraction of sp³-hybridized carbons (Fsp3) is 0.250. The molecule has 1 aliphatic rings. The van der Waals surface area contributed by atoms with E-state index in [9.17, 15) is 4.79 Å². The maximum atomic E-state index is 12.6. The number of carbonyl (C=O) groups excluding carboxylic acids is 1. The monoisotopic (exact) mass is 331 g/mol. The Labute approximate surface area is 145 Å². The summed E-state index contributed by atoms with van der Waals surface area (Å²) in [7, 11) is 0. The number of amides is 1. The second-order valence-electron chi connectivity index (χ2n) is 6.28. The summed E-state index contributed by atoms with van der Waals surface area (Å²) in [5.74, 6) is 1.03. The first-order valence-electron chi connectivity index (χ1n) is 8.39. The number of hydrogen-bond acceptors (Lipinski definition) is 4. The molecule has 0 radical (unpaired) electrons. The van der Waals surface area contributed by atoms with Crippen molar-refractivity contribution in [1.29, 1.82) is 5.26 Å². The highest BCUT2D eigenvalue weighted by Crippen LogP contribution is 2.30. The topological polar surface area (TPSA) is 70.1 Å². The summed E-state index contributed by atoms with van der Waals surface area (Å²) in [6, 6.07) is 16.6. The molecule has 3 aromatic rings. The van der Waals surface area contributed by atoms with Gasteiger partial charge < -0.3 is 9.32 Å². The van der Waals surface area contributed by atoms with E-state index < -0.39 is 0 Å². The van der Waals surface area contributed by atoms with Crippen molar-refractivity contribution < 1.29 is 9.21 Å². The predicted octanol–water partition coefficient (Wildman–Crippen LogP) is 3.72. The van der Waals surface area contributed by atoms with Crippen molar-refractivity contribution in [2.75, 3.05) is 13.1 Å². The van der Waals surface area contributed by atoms with Crippen molar-refractivity contribution in [3.8, 4) is 6.07 Å². The van der Waals surface area contributed by atoms with E-state index in [1.807, 2.05) is 29.2 Å². The molecule has 0 spiro atoms. The van der Waals surface area contributed by atoms with Gasteiger partial charge in [-0.25, -0.2) is 4.98 Å². The molecule has 1 aromatic heterocycles. The molecule has 1 fully saturated rings. The quantitative estimate of drug-likeness (QED) is 0.717. The number of likely N-dealkylation sites (tertiary alicyclic amines) is 1. The number of aromatic nitrogens is 1. The van der Waals surface area contributed by atoms with Crippen LogP contribution in [0.2, 0.25) is 0 Å². The lowest BCUT2D eigenvalue weighted by Crippen LogP contribution is -2.37. The van der Waals surface area contributed by atoms with Crippen LogP contribution in [0, 0.1) is 11.3 Å². The molecule has 0 bridgehead atoms. The van der Waals surface area contributed by atoms with Gasteiger partial charge in [0.2, 0.25) is 0 Å². The molecule has 2 aromatic carbocycles. The summed E-state index contributed by atoms with van der Waals surface area (Å²) >= 11 is 0. The molecule has 1 saturated heterocycles. The summed E-state index contributed by atoms with van der Waals surface area (Å²) in [4.78, 5) is 19.0. The van der Waals surface area contributed by atoms with Crippen LogP contribution in [-0.4, -0.2) is 28.9 Å². The Balaban J connectivity index is 1.43. The van der Waals surface area contributed by atoms with Gasteiger partial charge in [0.15, 0.2) is 11.5 Å². The van der Waals surface area contributed by atoms with Crippen LogP contribution in [0.3, 0.4) is 0 Å². The number of fused-ring (bicyclic) bond motifs is 1. The second kappa shape index (κ2) is 6.40. The summed E-state index contributed by atoms with van der Waals surface area (Å²) in [6.07, 6.45) is 1.68. The van der Waals surface area contributed by atoms with E-state index in [2.05, 4.69) is 11.1 Å². The van der Waals surface area contributed by atoms with E-state index in [4.69, 9.17) is 9.68 Å². The van der Waals surface area contributed by atoms with Crippen molar-refractivity contribution in [2.24, 2.45) is 0 Å². The molecule has 0 aliphatic carbocycles. The minimum Gasteiger partial charge on any atom is -0.440 e. The number of nitrogens with zero attached hydrogens (tertiary/aromatic N) is 3. The van der Waals surface area contributed by atoms with Crippen molar-refractivity contribution in [3.05, 3.63) is 65.5 Å². The van der Waals surface area contributed by atoms with Gasteiger partial charge in [-0.3, -0.25) is 4.79 Å². The molecule has 0 N–H and O–H groups in total. The summed E-state index contributed by atoms with van der Waals surface area (Å²) in [5.41, 5.74) is 2.88. The van der Waals surface area contributed by atoms with Gasteiger partial charge in [0, 0.05) is 24.6 Å². The fourth-order valence-corrected chi connectivity index (χ4v) is 3.26. The molecule has 2 heterocycles. The zero-order valence-electron chi connectivity index (χ0n) is 13.7. The molecule has 4 rings (SSSR count). The zero-order chi connectivity index (χ0) is 17.2. The Hall–Kier alpha value is -3.13. The summed E-state index contributed by atoms with van der Waals surface area (Å²) in [6.45, 7) is 1.37. The van der Waals surface area contributed by atoms with Crippen LogP contribution in [0.4, 0.5) is 0 Å². The average molecular weight is 331 g/mol. The molecule has 1 amide bonds. The lowest BCUT2D eigenvalue weighted by atomic mass is 9.96. The normalized spacial score (nSPS) is 15.2. The molecular weight excluding hydrogens is 314 g/mol. The van der Waals surface area contributed by atoms with Gasteiger partial charge in [-0.1, -0.05) is 12.1 Å². The molecule has 0 unspecified atom stereocenters. The number of carbonyl (C=O) groups is 1. The average Bonchev–Trinajstić information content (AvgIpc) is 3.12. The molecule has 25 heavy (non-hydrogen) atoms. The lowest BCUT2D eigenvalue weighted by molar-refractivity contribution is 0.0706. The third-order valence-corrected chi connectivity index (χ3v) is 4.70. The van der Waals surface area contributed by atoms with Gasteiger partial charge in [0.1, 0.15) is 5.52 Å². The maximum Gasteiger partial charge on any atom is 0.253 e. The Morgan fingerprint density at radius 1 is 1.12 bits per heavy atom. The Morgan fingerprint density at radius 2 is 1.84 bits per heavy atom. The highest BCUT2D eigenvalue weighted by atomic mass is 16.3. The van der Waals surface area contributed by atoms with Crippen LogP contribution in [0.25, 0.3) is 11.1 Å². The Bertz CT molecular complexity index is 912. The maximum absolute atomic E-state index is 12.6. The van der Waals surface area contributed by atoms with E-state index >= 15 is 0 Å². The first-order valence-corrected chi connectivity index (χ1v) is 8.39. The zero-order valence-corrected chi connectivity index (χ0v) is 13.7. The van der Waals surface area contributed by atoms with Crippen molar-refractivity contribution in [2.45, 2.75) is 18.8 Å². The molecule has 5 heteroatoms. The summed E-state index contributed by atoms with van der Waals surface area (Å²) in [5, 5.41) is 8.85. The lowest BCUT2D eigenvalue weighted by Gasteiger charge is -2.30. The molecular formula is C20H17N3O2. The largest absolute Gasteiger partial charge is 0.440 e. The third-order valence-electron chi connectivity index (χ3n) is 4.70. The number of benzene rings is 2. The van der Waals surface area contributed by atoms with Gasteiger partial charge in [-0.05, 0) is 49.2 Å². The molecule has 124 valence electrons. The van der Waals surface area contributed by atoms with E-state index in [0.717, 1.165) is 29.8 Å². The number of piperidine rings is 1. The number of para-hydroxylation sites is 2. The smallest absolute Gasteiger partial charge is 0.253 e. The van der Waals surface area contributed by atoms with Crippen molar-refractivity contribution >= 4 is 17.0 Å². The first kappa shape index (κ1) is 15.4. The Morgan fingerprint density at radius 3 is 2.52 bits per heavy atom. The minimum atomic E-state index is 0.0144. The van der Waals surface area contributed by atoms with Gasteiger partial charge >= 0.3 is 0 Å². The van der Waals surface area contributed by atoms with Gasteiger partial charge in [0.05, 0.1) is 11.6 Å². The van der Waals surface area contributed by atoms with Crippen molar-refractivity contribution in [3.63, 3.8) is 0 Å². The second-order valence-corrected chi connectivity index (χ2v) is 6.28. The van der Waals surface area contributed by atoms with Crippen LogP contribution in [-0.2, 0) is 0 Å². The van der Waals surface area contributed by atoms with Crippen LogP contribution in [0.5, 0.6) is 0 Å². The first-order chi connectivity index (χ1) is 12.2. The van der Waals surface area contributed by atoms with Crippen molar-refractivity contribution in [1.82, 2.24) is 9.88 Å². The SMILES string of the molecule is N#Cc1ccc(C(=O)N2CCC(c3nc4ccccc4o3)CC2)cc1. The minimum absolute atomic E-state index is 0.0144. The van der Waals surface area contributed by atoms with Gasteiger partial charge in [0.25, 0.3) is 5.91 Å². The van der Waals surface area contributed by atoms with E-state index in [0.29, 0.717) is 24.2 Å². The van der Waals surface area contributed by atoms with E-state index in [1.165, 1.54) is 0 Å². The number of hydrogen-bond donors (Lipinski definition) is 0. The van der Waals surface area contributed by atoms with E-state index in [-0.39, 0.29) is 11.8 Å². The van der Waals surface area contributed by atoms with E-state index in [1.54, 1.807) is 24.3 Å². The fourth-order valence-electron chi connectivity index (χ4n) is 3.26. The van der Waals surface area contributed by atoms with Crippen LogP contribution in [0.1, 0.15) is 40.6 Å². The highest BCUT2D eigenvalue weighted by molar-refractivity contribution is 5.94. The predicted molar refractivity (Wildman–Crippen MR) is 93.0 cm³/mol. The summed E-state index contributed by atoms with van der Waals surface area (Å²) < 4.78 is 5.87. The molecule has 0 saturated carbocycles. The highest BCUT2D eigenvalue weighted by Gasteiger charge is 2.27. The van der Waals surface area contributed by atoms with Crippen LogP contribution < -0.4 is 0 Å². The number of nitriles is 1. The third kappa shape index (κ3) is 2.99. The molecule has 0 atom stereocenters. The van der Waals surface area contributed by atoms with Gasteiger partial charge in [-0.15, -0.1) is 0 Å². The molecule has 5 nitrogen and oxygen atoms in total. The van der Waals surface area contributed by atoms with Crippen LogP contribution >= 0.6 is 0 Å². The van der Waals surface area contributed by atoms with Gasteiger partial charge in [-0.2, -0.15) is 5.26 Å². The Kier molecular flexibility index (Phi) is 3.95. The standard InChI is InChI=1S/C20H17N3O2/c21-13-14-5-7-16(8-6-14)20(24)23-11-9-15(10-12-23)19-22-17-3-1-2-4-18(17)25-19/h1-8,15H,9-12H2.